The molecule has 0 bridgehead atoms. The SMILES string of the molecule is CC(C)(C)NC(N)=NCCOc1cccc(NS(C)(=O)=O)c1. The van der Waals surface area contributed by atoms with Crippen molar-refractivity contribution in [1.29, 1.82) is 0 Å². The van der Waals surface area contributed by atoms with Crippen molar-refractivity contribution in [3.05, 3.63) is 24.3 Å². The third-order valence-electron chi connectivity index (χ3n) is 2.28. The van der Waals surface area contributed by atoms with Gasteiger partial charge in [0.2, 0.25) is 10.0 Å². The molecule has 0 aromatic heterocycles. The number of hydrogen-bond donors (Lipinski definition) is 3. The van der Waals surface area contributed by atoms with E-state index in [1.807, 2.05) is 20.8 Å². The van der Waals surface area contributed by atoms with E-state index in [1.165, 1.54) is 0 Å². The molecule has 7 nitrogen and oxygen atoms in total. The van der Waals surface area contributed by atoms with Crippen LogP contribution in [-0.4, -0.2) is 39.3 Å². The molecule has 0 fully saturated rings. The summed E-state index contributed by atoms with van der Waals surface area (Å²) >= 11 is 0. The number of nitrogens with two attached hydrogens (primary N) is 1. The summed E-state index contributed by atoms with van der Waals surface area (Å²) in [6.45, 7) is 6.72. The Morgan fingerprint density at radius 3 is 2.64 bits per heavy atom. The van der Waals surface area contributed by atoms with Gasteiger partial charge >= 0.3 is 0 Å². The van der Waals surface area contributed by atoms with E-state index in [1.54, 1.807) is 24.3 Å². The number of nitrogens with zero attached hydrogens (tertiary/aromatic N) is 1. The average molecular weight is 328 g/mol. The van der Waals surface area contributed by atoms with Crippen LogP contribution in [0, 0.1) is 0 Å². The highest BCUT2D eigenvalue weighted by molar-refractivity contribution is 7.92. The number of guanidine groups is 1. The molecule has 1 aromatic carbocycles. The van der Waals surface area contributed by atoms with Gasteiger partial charge in [-0.3, -0.25) is 4.72 Å². The van der Waals surface area contributed by atoms with Crippen LogP contribution in [0.15, 0.2) is 29.3 Å². The molecular weight excluding hydrogens is 304 g/mol. The molecule has 8 heteroatoms. The smallest absolute Gasteiger partial charge is 0.229 e. The second-order valence-corrected chi connectivity index (χ2v) is 7.64. The molecule has 0 heterocycles. The third kappa shape index (κ3) is 8.35. The minimum Gasteiger partial charge on any atom is -0.492 e. The van der Waals surface area contributed by atoms with Crippen molar-refractivity contribution in [1.82, 2.24) is 5.32 Å². The molecule has 0 unspecified atom stereocenters. The number of rotatable bonds is 6. The van der Waals surface area contributed by atoms with Crippen molar-refractivity contribution in [2.24, 2.45) is 10.7 Å². The van der Waals surface area contributed by atoms with E-state index in [0.717, 1.165) is 6.26 Å². The molecule has 0 amide bonds. The molecule has 0 aliphatic rings. The van der Waals surface area contributed by atoms with Gasteiger partial charge in [-0.05, 0) is 32.9 Å². The van der Waals surface area contributed by atoms with Gasteiger partial charge in [-0.25, -0.2) is 13.4 Å². The van der Waals surface area contributed by atoms with Crippen LogP contribution in [0.2, 0.25) is 0 Å². The summed E-state index contributed by atoms with van der Waals surface area (Å²) in [4.78, 5) is 4.15. The van der Waals surface area contributed by atoms with Crippen molar-refractivity contribution in [3.63, 3.8) is 0 Å². The van der Waals surface area contributed by atoms with E-state index in [4.69, 9.17) is 10.5 Å². The number of benzene rings is 1. The maximum atomic E-state index is 11.2. The lowest BCUT2D eigenvalue weighted by atomic mass is 10.1. The lowest BCUT2D eigenvalue weighted by molar-refractivity contribution is 0.328. The quantitative estimate of drug-likeness (QED) is 0.412. The fourth-order valence-electron chi connectivity index (χ4n) is 1.62. The van der Waals surface area contributed by atoms with Crippen LogP contribution in [0.4, 0.5) is 5.69 Å². The van der Waals surface area contributed by atoms with E-state index in [-0.39, 0.29) is 5.54 Å². The highest BCUT2D eigenvalue weighted by Crippen LogP contribution is 2.17. The number of anilines is 1. The van der Waals surface area contributed by atoms with E-state index in [9.17, 15) is 8.42 Å². The predicted molar refractivity (Wildman–Crippen MR) is 89.8 cm³/mol. The Labute approximate surface area is 132 Å². The zero-order chi connectivity index (χ0) is 16.8. The van der Waals surface area contributed by atoms with Gasteiger partial charge in [0.1, 0.15) is 12.4 Å². The topological polar surface area (TPSA) is 106 Å². The second kappa shape index (κ2) is 7.35. The summed E-state index contributed by atoms with van der Waals surface area (Å²) in [5, 5.41) is 3.05. The van der Waals surface area contributed by atoms with Crippen molar-refractivity contribution >= 4 is 21.7 Å². The van der Waals surface area contributed by atoms with Crippen molar-refractivity contribution in [2.75, 3.05) is 24.1 Å². The number of sulfonamides is 1. The fourth-order valence-corrected chi connectivity index (χ4v) is 2.17. The van der Waals surface area contributed by atoms with Crippen molar-refractivity contribution in [3.8, 4) is 5.75 Å². The fraction of sp³-hybridized carbons (Fsp3) is 0.500. The standard InChI is InChI=1S/C14H24N4O3S/c1-14(2,3)17-13(15)16-8-9-21-12-7-5-6-11(10-12)18-22(4,19)20/h5-7,10,18H,8-9H2,1-4H3,(H3,15,16,17). The van der Waals surface area contributed by atoms with Crippen LogP contribution >= 0.6 is 0 Å². The summed E-state index contributed by atoms with van der Waals surface area (Å²) in [5.41, 5.74) is 6.06. The van der Waals surface area contributed by atoms with Crippen LogP contribution in [0.5, 0.6) is 5.75 Å². The zero-order valence-corrected chi connectivity index (χ0v) is 14.2. The molecule has 4 N–H and O–H groups in total. The van der Waals surface area contributed by atoms with Crippen LogP contribution < -0.4 is 20.5 Å². The van der Waals surface area contributed by atoms with E-state index in [0.29, 0.717) is 30.5 Å². The van der Waals surface area contributed by atoms with E-state index >= 15 is 0 Å². The first-order valence-corrected chi connectivity index (χ1v) is 8.73. The minimum absolute atomic E-state index is 0.139. The molecule has 0 radical (unpaired) electrons. The summed E-state index contributed by atoms with van der Waals surface area (Å²) in [5.74, 6) is 0.926. The van der Waals surface area contributed by atoms with Gasteiger partial charge in [-0.15, -0.1) is 0 Å². The molecule has 1 rings (SSSR count). The van der Waals surface area contributed by atoms with E-state index < -0.39 is 10.0 Å². The van der Waals surface area contributed by atoms with Crippen molar-refractivity contribution < 1.29 is 13.2 Å². The number of ether oxygens (including phenoxy) is 1. The normalized spacial score (nSPS) is 12.8. The predicted octanol–water partition coefficient (Wildman–Crippen LogP) is 1.14. The number of nitrogens with one attached hydrogen (secondary N) is 2. The van der Waals surface area contributed by atoms with Gasteiger partial charge in [0.05, 0.1) is 18.5 Å². The third-order valence-corrected chi connectivity index (χ3v) is 2.89. The molecular formula is C14H24N4O3S. The van der Waals surface area contributed by atoms with Crippen LogP contribution in [0.1, 0.15) is 20.8 Å². The van der Waals surface area contributed by atoms with Gasteiger partial charge in [-0.2, -0.15) is 0 Å². The van der Waals surface area contributed by atoms with Crippen LogP contribution in [0.25, 0.3) is 0 Å². The Morgan fingerprint density at radius 1 is 1.36 bits per heavy atom. The summed E-state index contributed by atoms with van der Waals surface area (Å²) in [6, 6.07) is 6.72. The summed E-state index contributed by atoms with van der Waals surface area (Å²) in [6.07, 6.45) is 1.10. The molecule has 124 valence electrons. The molecule has 0 saturated carbocycles. The van der Waals surface area contributed by atoms with Crippen LogP contribution in [0.3, 0.4) is 0 Å². The maximum Gasteiger partial charge on any atom is 0.229 e. The second-order valence-electron chi connectivity index (χ2n) is 5.89. The molecule has 22 heavy (non-hydrogen) atoms. The summed E-state index contributed by atoms with van der Waals surface area (Å²) in [7, 11) is -3.30. The Morgan fingerprint density at radius 2 is 2.05 bits per heavy atom. The first-order valence-electron chi connectivity index (χ1n) is 6.84. The minimum atomic E-state index is -3.30. The van der Waals surface area contributed by atoms with Gasteiger partial charge in [0.15, 0.2) is 5.96 Å². The number of hydrogen-bond acceptors (Lipinski definition) is 4. The Balaban J connectivity index is 2.49. The zero-order valence-electron chi connectivity index (χ0n) is 13.4. The molecule has 0 saturated heterocycles. The maximum absolute atomic E-state index is 11.2. The first-order chi connectivity index (χ1) is 10.1. The van der Waals surface area contributed by atoms with Crippen molar-refractivity contribution in [2.45, 2.75) is 26.3 Å². The number of aliphatic imine (C=N–C) groups is 1. The molecule has 0 aliphatic carbocycles. The Hall–Kier alpha value is -1.96. The molecule has 0 atom stereocenters. The first kappa shape index (κ1) is 18.1. The summed E-state index contributed by atoms with van der Waals surface area (Å²) < 4.78 is 30.2. The average Bonchev–Trinajstić information content (AvgIpc) is 2.31. The molecule has 1 aromatic rings. The molecule has 0 aliphatic heterocycles. The largest absolute Gasteiger partial charge is 0.492 e. The Kier molecular flexibility index (Phi) is 6.04. The molecule has 0 spiro atoms. The van der Waals surface area contributed by atoms with Gasteiger partial charge in [0.25, 0.3) is 0 Å². The van der Waals surface area contributed by atoms with Gasteiger partial charge in [-0.1, -0.05) is 6.07 Å². The lowest BCUT2D eigenvalue weighted by Gasteiger charge is -2.20. The Bertz CT molecular complexity index is 621. The van der Waals surface area contributed by atoms with E-state index in [2.05, 4.69) is 15.0 Å². The highest BCUT2D eigenvalue weighted by Gasteiger charge is 2.09. The monoisotopic (exact) mass is 328 g/mol. The highest BCUT2D eigenvalue weighted by atomic mass is 32.2. The van der Waals surface area contributed by atoms with Gasteiger partial charge < -0.3 is 15.8 Å². The van der Waals surface area contributed by atoms with Crippen LogP contribution in [-0.2, 0) is 10.0 Å². The lowest BCUT2D eigenvalue weighted by Crippen LogP contribution is -2.45. The van der Waals surface area contributed by atoms with Gasteiger partial charge in [0, 0.05) is 11.6 Å².